The summed E-state index contributed by atoms with van der Waals surface area (Å²) in [6.45, 7) is 2.09. The molecule has 20 heavy (non-hydrogen) atoms. The molecule has 4 rings (SSSR count). The van der Waals surface area contributed by atoms with E-state index in [2.05, 4.69) is 41.2 Å². The van der Waals surface area contributed by atoms with Crippen LogP contribution in [-0.4, -0.2) is 19.6 Å². The topological polar surface area (TPSA) is 35.6 Å². The average Bonchev–Trinajstić information content (AvgIpc) is 3.08. The molecule has 2 heterocycles. The molecule has 0 amide bonds. The Kier molecular flexibility index (Phi) is 2.49. The summed E-state index contributed by atoms with van der Waals surface area (Å²) in [6.07, 6.45) is 8.60. The van der Waals surface area contributed by atoms with E-state index in [1.807, 2.05) is 29.1 Å². The molecule has 1 saturated carbocycles. The fourth-order valence-corrected chi connectivity index (χ4v) is 2.46. The Bertz CT molecular complexity index is 735. The largest absolute Gasteiger partial charge is 0.269 e. The number of hydrogen-bond acceptors (Lipinski definition) is 2. The maximum atomic E-state index is 4.71. The van der Waals surface area contributed by atoms with E-state index in [0.29, 0.717) is 6.04 Å². The van der Waals surface area contributed by atoms with Crippen molar-refractivity contribution in [2.45, 2.75) is 25.8 Å². The summed E-state index contributed by atoms with van der Waals surface area (Å²) < 4.78 is 4.00. The van der Waals surface area contributed by atoms with E-state index < -0.39 is 0 Å². The zero-order valence-corrected chi connectivity index (χ0v) is 11.4. The van der Waals surface area contributed by atoms with Crippen molar-refractivity contribution in [3.8, 4) is 16.9 Å². The summed E-state index contributed by atoms with van der Waals surface area (Å²) in [4.78, 5) is 0. The first kappa shape index (κ1) is 11.5. The Morgan fingerprint density at radius 3 is 2.65 bits per heavy atom. The lowest BCUT2D eigenvalue weighted by Gasteiger charge is -1.99. The Morgan fingerprint density at radius 1 is 1.10 bits per heavy atom. The molecule has 100 valence electrons. The van der Waals surface area contributed by atoms with Crippen molar-refractivity contribution in [1.29, 1.82) is 0 Å². The minimum absolute atomic E-state index is 0.611. The number of hydrogen-bond donors (Lipinski definition) is 0. The van der Waals surface area contributed by atoms with Crippen LogP contribution >= 0.6 is 0 Å². The summed E-state index contributed by atoms with van der Waals surface area (Å²) in [5.74, 6) is 0. The molecule has 2 aromatic heterocycles. The monoisotopic (exact) mass is 264 g/mol. The Balaban J connectivity index is 1.72. The van der Waals surface area contributed by atoms with E-state index >= 15 is 0 Å². The third-order valence-electron chi connectivity index (χ3n) is 3.71. The molecule has 1 aromatic carbocycles. The Hall–Kier alpha value is -2.36. The van der Waals surface area contributed by atoms with Crippen molar-refractivity contribution in [2.24, 2.45) is 0 Å². The minimum atomic E-state index is 0.611. The molecule has 1 fully saturated rings. The first-order valence-electron chi connectivity index (χ1n) is 6.97. The van der Waals surface area contributed by atoms with E-state index in [0.717, 1.165) is 16.9 Å². The lowest BCUT2D eigenvalue weighted by atomic mass is 10.2. The van der Waals surface area contributed by atoms with Crippen LogP contribution in [0, 0.1) is 6.92 Å². The number of para-hydroxylation sites is 1. The van der Waals surface area contributed by atoms with Gasteiger partial charge in [-0.25, -0.2) is 4.68 Å². The van der Waals surface area contributed by atoms with Crippen LogP contribution in [0.1, 0.15) is 24.4 Å². The van der Waals surface area contributed by atoms with Crippen molar-refractivity contribution < 1.29 is 0 Å². The van der Waals surface area contributed by atoms with Gasteiger partial charge in [-0.3, -0.25) is 4.68 Å². The van der Waals surface area contributed by atoms with Crippen LogP contribution in [0.4, 0.5) is 0 Å². The zero-order chi connectivity index (χ0) is 13.5. The van der Waals surface area contributed by atoms with Gasteiger partial charge in [0.1, 0.15) is 0 Å². The SMILES string of the molecule is Cc1cn(-c2ccccc2)nc1-c1cnn(C2CC2)c1. The van der Waals surface area contributed by atoms with Crippen LogP contribution < -0.4 is 0 Å². The third kappa shape index (κ3) is 1.93. The number of aromatic nitrogens is 4. The van der Waals surface area contributed by atoms with Crippen LogP contribution in [0.2, 0.25) is 0 Å². The number of benzene rings is 1. The van der Waals surface area contributed by atoms with Gasteiger partial charge in [0.25, 0.3) is 0 Å². The number of aryl methyl sites for hydroxylation is 1. The quantitative estimate of drug-likeness (QED) is 0.727. The van der Waals surface area contributed by atoms with Gasteiger partial charge in [-0.15, -0.1) is 0 Å². The predicted octanol–water partition coefficient (Wildman–Crippen LogP) is 3.38. The standard InChI is InChI=1S/C16H16N4/c1-12-10-20(14-5-3-2-4-6-14)18-16(12)13-9-17-19(11-13)15-7-8-15/h2-6,9-11,15H,7-8H2,1H3. The normalized spacial score (nSPS) is 14.7. The van der Waals surface area contributed by atoms with Gasteiger partial charge in [-0.2, -0.15) is 10.2 Å². The van der Waals surface area contributed by atoms with Crippen LogP contribution in [0.15, 0.2) is 48.9 Å². The molecule has 4 nitrogen and oxygen atoms in total. The molecule has 0 unspecified atom stereocenters. The molecule has 1 aliphatic carbocycles. The van der Waals surface area contributed by atoms with Gasteiger partial charge < -0.3 is 0 Å². The molecular formula is C16H16N4. The highest BCUT2D eigenvalue weighted by Crippen LogP contribution is 2.35. The van der Waals surface area contributed by atoms with E-state index in [4.69, 9.17) is 5.10 Å². The summed E-state index contributed by atoms with van der Waals surface area (Å²) >= 11 is 0. The summed E-state index contributed by atoms with van der Waals surface area (Å²) in [5.41, 5.74) is 4.37. The highest BCUT2D eigenvalue weighted by Gasteiger charge is 2.24. The molecule has 3 aromatic rings. The van der Waals surface area contributed by atoms with E-state index in [9.17, 15) is 0 Å². The molecule has 0 saturated heterocycles. The van der Waals surface area contributed by atoms with Gasteiger partial charge >= 0.3 is 0 Å². The second-order valence-electron chi connectivity index (χ2n) is 5.38. The Labute approximate surface area is 117 Å². The van der Waals surface area contributed by atoms with Gasteiger partial charge in [0, 0.05) is 18.0 Å². The minimum Gasteiger partial charge on any atom is -0.269 e. The van der Waals surface area contributed by atoms with Crippen LogP contribution in [0.5, 0.6) is 0 Å². The van der Waals surface area contributed by atoms with Crippen molar-refractivity contribution in [2.75, 3.05) is 0 Å². The highest BCUT2D eigenvalue weighted by atomic mass is 15.3. The fourth-order valence-electron chi connectivity index (χ4n) is 2.46. The van der Waals surface area contributed by atoms with E-state index in [-0.39, 0.29) is 0 Å². The van der Waals surface area contributed by atoms with Gasteiger partial charge in [-0.1, -0.05) is 18.2 Å². The second-order valence-corrected chi connectivity index (χ2v) is 5.38. The third-order valence-corrected chi connectivity index (χ3v) is 3.71. The van der Waals surface area contributed by atoms with Crippen LogP contribution in [0.3, 0.4) is 0 Å². The maximum Gasteiger partial charge on any atom is 0.0988 e. The van der Waals surface area contributed by atoms with Gasteiger partial charge in [0.15, 0.2) is 0 Å². The zero-order valence-electron chi connectivity index (χ0n) is 11.4. The molecular weight excluding hydrogens is 248 g/mol. The number of rotatable bonds is 3. The molecule has 0 atom stereocenters. The Morgan fingerprint density at radius 2 is 1.90 bits per heavy atom. The summed E-state index contributed by atoms with van der Waals surface area (Å²) in [6, 6.07) is 10.8. The molecule has 0 bridgehead atoms. The second kappa shape index (κ2) is 4.34. The average molecular weight is 264 g/mol. The lowest BCUT2D eigenvalue weighted by Crippen LogP contribution is -1.94. The maximum absolute atomic E-state index is 4.71. The van der Waals surface area contributed by atoms with Crippen molar-refractivity contribution in [1.82, 2.24) is 19.6 Å². The first-order chi connectivity index (χ1) is 9.81. The molecule has 0 aliphatic heterocycles. The van der Waals surface area contributed by atoms with Crippen molar-refractivity contribution in [3.05, 3.63) is 54.5 Å². The lowest BCUT2D eigenvalue weighted by molar-refractivity contribution is 0.642. The molecule has 0 radical (unpaired) electrons. The smallest absolute Gasteiger partial charge is 0.0988 e. The van der Waals surface area contributed by atoms with E-state index in [1.165, 1.54) is 18.4 Å². The van der Waals surface area contributed by atoms with Crippen LogP contribution in [-0.2, 0) is 0 Å². The first-order valence-corrected chi connectivity index (χ1v) is 6.97. The fraction of sp³-hybridized carbons (Fsp3) is 0.250. The predicted molar refractivity (Wildman–Crippen MR) is 77.8 cm³/mol. The summed E-state index contributed by atoms with van der Waals surface area (Å²) in [7, 11) is 0. The van der Waals surface area contributed by atoms with Crippen molar-refractivity contribution >= 4 is 0 Å². The molecule has 4 heteroatoms. The summed E-state index contributed by atoms with van der Waals surface area (Å²) in [5, 5.41) is 9.15. The van der Waals surface area contributed by atoms with Crippen molar-refractivity contribution in [3.63, 3.8) is 0 Å². The van der Waals surface area contributed by atoms with Gasteiger partial charge in [0.2, 0.25) is 0 Å². The molecule has 0 spiro atoms. The van der Waals surface area contributed by atoms with Gasteiger partial charge in [-0.05, 0) is 37.5 Å². The van der Waals surface area contributed by atoms with E-state index in [1.54, 1.807) is 0 Å². The highest BCUT2D eigenvalue weighted by molar-refractivity contribution is 5.61. The van der Waals surface area contributed by atoms with Crippen LogP contribution in [0.25, 0.3) is 16.9 Å². The number of nitrogens with zero attached hydrogens (tertiary/aromatic N) is 4. The molecule has 0 N–H and O–H groups in total. The van der Waals surface area contributed by atoms with Gasteiger partial charge in [0.05, 0.1) is 23.6 Å². The molecule has 1 aliphatic rings.